The topological polar surface area (TPSA) is 119 Å². The lowest BCUT2D eigenvalue weighted by molar-refractivity contribution is -0.385. The van der Waals surface area contributed by atoms with Crippen molar-refractivity contribution in [3.63, 3.8) is 0 Å². The molecular weight excluding hydrogens is 325 g/mol. The van der Waals surface area contributed by atoms with Gasteiger partial charge in [-0.25, -0.2) is 4.79 Å². The van der Waals surface area contributed by atoms with Gasteiger partial charge in [0.15, 0.2) is 5.75 Å². The number of nitro benzene ring substituents is 1. The molecule has 11 heteroatoms. The molecule has 0 heterocycles. The Labute approximate surface area is 127 Å². The van der Waals surface area contributed by atoms with Crippen LogP contribution in [-0.4, -0.2) is 41.2 Å². The molecule has 0 bridgehead atoms. The fraction of sp³-hybridized carbons (Fsp3) is 0.333. The van der Waals surface area contributed by atoms with Crippen molar-refractivity contribution >= 4 is 17.6 Å². The lowest BCUT2D eigenvalue weighted by Gasteiger charge is -2.16. The van der Waals surface area contributed by atoms with Crippen LogP contribution in [0.1, 0.15) is 16.8 Å². The van der Waals surface area contributed by atoms with E-state index < -0.39 is 41.1 Å². The van der Waals surface area contributed by atoms with E-state index in [0.29, 0.717) is 0 Å². The van der Waals surface area contributed by atoms with Crippen LogP contribution in [0.2, 0.25) is 0 Å². The molecule has 1 unspecified atom stereocenters. The predicted octanol–water partition coefficient (Wildman–Crippen LogP) is 1.74. The van der Waals surface area contributed by atoms with Crippen LogP contribution in [0, 0.1) is 10.1 Å². The number of benzene rings is 1. The van der Waals surface area contributed by atoms with Gasteiger partial charge in [0.2, 0.25) is 0 Å². The molecule has 1 aromatic rings. The van der Waals surface area contributed by atoms with Crippen molar-refractivity contribution in [1.29, 1.82) is 0 Å². The van der Waals surface area contributed by atoms with Gasteiger partial charge in [0, 0.05) is 11.6 Å². The number of carboxylic acid groups (broad SMARTS) is 1. The monoisotopic (exact) mass is 336 g/mol. The highest BCUT2D eigenvalue weighted by Crippen LogP contribution is 2.28. The molecule has 0 saturated carbocycles. The van der Waals surface area contributed by atoms with Gasteiger partial charge in [0.25, 0.3) is 5.91 Å². The first kappa shape index (κ1) is 18.2. The molecule has 126 valence electrons. The molecule has 2 N–H and O–H groups in total. The van der Waals surface area contributed by atoms with Crippen LogP contribution >= 0.6 is 0 Å². The third-order valence-corrected chi connectivity index (χ3v) is 2.68. The molecule has 8 nitrogen and oxygen atoms in total. The third kappa shape index (κ3) is 5.13. The Kier molecular flexibility index (Phi) is 5.49. The number of nitro groups is 1. The maximum Gasteiger partial charge on any atom is 0.391 e. The number of halogens is 3. The zero-order valence-electron chi connectivity index (χ0n) is 11.6. The molecule has 0 fully saturated rings. The first-order valence-corrected chi connectivity index (χ1v) is 5.98. The summed E-state index contributed by atoms with van der Waals surface area (Å²) >= 11 is 0. The molecule has 0 aliphatic carbocycles. The van der Waals surface area contributed by atoms with E-state index in [1.54, 1.807) is 5.32 Å². The highest BCUT2D eigenvalue weighted by molar-refractivity contribution is 5.97. The number of carboxylic acids is 1. The van der Waals surface area contributed by atoms with Gasteiger partial charge in [-0.05, 0) is 12.1 Å². The number of hydrogen-bond donors (Lipinski definition) is 2. The smallest absolute Gasteiger partial charge is 0.391 e. The van der Waals surface area contributed by atoms with Crippen LogP contribution < -0.4 is 10.1 Å². The zero-order chi connectivity index (χ0) is 17.8. The average Bonchev–Trinajstić information content (AvgIpc) is 2.44. The van der Waals surface area contributed by atoms with Crippen LogP contribution in [0.4, 0.5) is 18.9 Å². The Bertz CT molecular complexity index is 632. The Morgan fingerprint density at radius 3 is 2.48 bits per heavy atom. The van der Waals surface area contributed by atoms with E-state index in [9.17, 15) is 32.9 Å². The van der Waals surface area contributed by atoms with E-state index in [-0.39, 0.29) is 11.3 Å². The molecule has 0 aromatic heterocycles. The first-order chi connectivity index (χ1) is 10.5. The summed E-state index contributed by atoms with van der Waals surface area (Å²) < 4.78 is 41.5. The normalized spacial score (nSPS) is 12.3. The number of rotatable bonds is 6. The number of carbonyl (C=O) groups excluding carboxylic acids is 1. The Balaban J connectivity index is 3.02. The summed E-state index contributed by atoms with van der Waals surface area (Å²) in [5.41, 5.74) is -0.950. The van der Waals surface area contributed by atoms with Gasteiger partial charge in [-0.2, -0.15) is 13.2 Å². The Morgan fingerprint density at radius 1 is 1.43 bits per heavy atom. The minimum Gasteiger partial charge on any atom is -0.490 e. The van der Waals surface area contributed by atoms with E-state index in [0.717, 1.165) is 25.3 Å². The number of ether oxygens (including phenoxy) is 1. The summed E-state index contributed by atoms with van der Waals surface area (Å²) in [5, 5.41) is 21.2. The molecule has 0 radical (unpaired) electrons. The van der Waals surface area contributed by atoms with Gasteiger partial charge in [0.05, 0.1) is 18.5 Å². The molecule has 0 aliphatic heterocycles. The van der Waals surface area contributed by atoms with Crippen LogP contribution in [0.15, 0.2) is 18.2 Å². The van der Waals surface area contributed by atoms with Crippen molar-refractivity contribution in [2.75, 3.05) is 7.11 Å². The summed E-state index contributed by atoms with van der Waals surface area (Å²) in [4.78, 5) is 32.6. The van der Waals surface area contributed by atoms with Crippen molar-refractivity contribution in [3.05, 3.63) is 33.9 Å². The van der Waals surface area contributed by atoms with Gasteiger partial charge in [-0.1, -0.05) is 0 Å². The Morgan fingerprint density at radius 2 is 2.04 bits per heavy atom. The average molecular weight is 336 g/mol. The van der Waals surface area contributed by atoms with Crippen LogP contribution in [0.3, 0.4) is 0 Å². The highest BCUT2D eigenvalue weighted by Gasteiger charge is 2.36. The highest BCUT2D eigenvalue weighted by atomic mass is 19.4. The molecule has 23 heavy (non-hydrogen) atoms. The molecule has 1 amide bonds. The fourth-order valence-corrected chi connectivity index (χ4v) is 1.65. The molecule has 0 spiro atoms. The van der Waals surface area contributed by atoms with Crippen molar-refractivity contribution in [3.8, 4) is 5.75 Å². The molecule has 1 rings (SSSR count). The number of carbonyl (C=O) groups is 2. The Hall–Kier alpha value is -2.85. The van der Waals surface area contributed by atoms with E-state index in [1.807, 2.05) is 0 Å². The maximum atomic E-state index is 12.3. The number of nitrogens with one attached hydrogen (secondary N) is 1. The first-order valence-electron chi connectivity index (χ1n) is 5.98. The van der Waals surface area contributed by atoms with E-state index in [1.165, 1.54) is 0 Å². The number of nitrogens with zero attached hydrogens (tertiary/aromatic N) is 1. The summed E-state index contributed by atoms with van der Waals surface area (Å²) in [7, 11) is 1.16. The van der Waals surface area contributed by atoms with Gasteiger partial charge >= 0.3 is 17.8 Å². The lowest BCUT2D eigenvalue weighted by Crippen LogP contribution is -2.43. The number of methoxy groups -OCH3 is 1. The van der Waals surface area contributed by atoms with Gasteiger partial charge in [-0.15, -0.1) is 0 Å². The lowest BCUT2D eigenvalue weighted by atomic mass is 10.1. The predicted molar refractivity (Wildman–Crippen MR) is 69.2 cm³/mol. The third-order valence-electron chi connectivity index (χ3n) is 2.68. The van der Waals surface area contributed by atoms with E-state index in [4.69, 9.17) is 9.84 Å². The second kappa shape index (κ2) is 6.94. The van der Waals surface area contributed by atoms with Crippen molar-refractivity contribution < 1.29 is 37.5 Å². The second-order valence-electron chi connectivity index (χ2n) is 4.33. The quantitative estimate of drug-likeness (QED) is 0.603. The number of hydrogen-bond acceptors (Lipinski definition) is 5. The summed E-state index contributed by atoms with van der Waals surface area (Å²) in [6.45, 7) is 0. The summed E-state index contributed by atoms with van der Waals surface area (Å²) in [6, 6.07) is 0.713. The molecule has 1 aromatic carbocycles. The fourth-order valence-electron chi connectivity index (χ4n) is 1.65. The van der Waals surface area contributed by atoms with Crippen molar-refractivity contribution in [2.45, 2.75) is 18.6 Å². The number of alkyl halides is 3. The van der Waals surface area contributed by atoms with Crippen LogP contribution in [0.25, 0.3) is 0 Å². The minimum atomic E-state index is -4.80. The molecule has 1 atom stereocenters. The van der Waals surface area contributed by atoms with Crippen molar-refractivity contribution in [2.24, 2.45) is 0 Å². The maximum absolute atomic E-state index is 12.3. The van der Waals surface area contributed by atoms with Gasteiger partial charge in [-0.3, -0.25) is 14.9 Å². The molecular formula is C12H11F3N2O6. The standard InChI is InChI=1S/C12H11F3N2O6/c1-23-9-3-2-6(4-8(9)17(21)22)10(18)16-7(11(19)20)5-12(13,14)15/h2-4,7H,5H2,1H3,(H,16,18)(H,19,20). The van der Waals surface area contributed by atoms with E-state index >= 15 is 0 Å². The summed E-state index contributed by atoms with van der Waals surface area (Å²) in [6.07, 6.45) is -6.57. The molecule has 0 saturated heterocycles. The van der Waals surface area contributed by atoms with E-state index in [2.05, 4.69) is 0 Å². The SMILES string of the molecule is COc1ccc(C(=O)NC(CC(F)(F)F)C(=O)O)cc1[N+](=O)[O-]. The van der Waals surface area contributed by atoms with Crippen molar-refractivity contribution in [1.82, 2.24) is 5.32 Å². The van der Waals surface area contributed by atoms with Crippen LogP contribution in [-0.2, 0) is 4.79 Å². The minimum absolute atomic E-state index is 0.156. The largest absolute Gasteiger partial charge is 0.490 e. The van der Waals surface area contributed by atoms with Gasteiger partial charge < -0.3 is 15.2 Å². The van der Waals surface area contributed by atoms with Gasteiger partial charge in [0.1, 0.15) is 6.04 Å². The zero-order valence-corrected chi connectivity index (χ0v) is 11.6. The second-order valence-corrected chi connectivity index (χ2v) is 4.33. The summed E-state index contributed by atoms with van der Waals surface area (Å²) in [5.74, 6) is -3.22. The number of amides is 1. The molecule has 0 aliphatic rings. The van der Waals surface area contributed by atoms with Crippen LogP contribution in [0.5, 0.6) is 5.75 Å². The number of aliphatic carboxylic acids is 1.